The van der Waals surface area contributed by atoms with Crippen molar-refractivity contribution in [3.8, 4) is 5.75 Å². The summed E-state index contributed by atoms with van der Waals surface area (Å²) >= 11 is 0. The van der Waals surface area contributed by atoms with Gasteiger partial charge in [0.2, 0.25) is 0 Å². The lowest BCUT2D eigenvalue weighted by Gasteiger charge is -2.11. The smallest absolute Gasteiger partial charge is 0.121 e. The van der Waals surface area contributed by atoms with Crippen LogP contribution in [0.1, 0.15) is 11.1 Å². The lowest BCUT2D eigenvalue weighted by Crippen LogP contribution is -1.94. The lowest BCUT2D eigenvalue weighted by atomic mass is 10.1. The molecule has 21 heavy (non-hydrogen) atoms. The fourth-order valence-corrected chi connectivity index (χ4v) is 2.57. The largest absolute Gasteiger partial charge is 0.497 e. The van der Waals surface area contributed by atoms with Gasteiger partial charge in [-0.3, -0.25) is 4.98 Å². The first-order chi connectivity index (χ1) is 10.2. The molecule has 0 aliphatic rings. The van der Waals surface area contributed by atoms with Gasteiger partial charge in [0.05, 0.1) is 12.6 Å². The standard InChI is InChI=1S/C18H18N2O/c1-12-8-13(2)10-14(9-12)20-17-6-7-19-18-11-15(21-3)4-5-16(17)18/h4-11H,1-3H3,(H,19,20). The van der Waals surface area contributed by atoms with Crippen LogP contribution in [0.2, 0.25) is 0 Å². The van der Waals surface area contributed by atoms with Gasteiger partial charge in [-0.25, -0.2) is 0 Å². The molecular weight excluding hydrogens is 260 g/mol. The Bertz CT molecular complexity index is 776. The van der Waals surface area contributed by atoms with Crippen LogP contribution in [0, 0.1) is 13.8 Å². The molecule has 3 aromatic rings. The number of aromatic nitrogens is 1. The van der Waals surface area contributed by atoms with Crippen LogP contribution in [0.3, 0.4) is 0 Å². The van der Waals surface area contributed by atoms with Crippen LogP contribution < -0.4 is 10.1 Å². The highest BCUT2D eigenvalue weighted by Crippen LogP contribution is 2.28. The Kier molecular flexibility index (Phi) is 3.48. The van der Waals surface area contributed by atoms with Gasteiger partial charge in [-0.2, -0.15) is 0 Å². The zero-order chi connectivity index (χ0) is 14.8. The number of methoxy groups -OCH3 is 1. The average molecular weight is 278 g/mol. The molecule has 0 spiro atoms. The number of fused-ring (bicyclic) bond motifs is 1. The average Bonchev–Trinajstić information content (AvgIpc) is 2.46. The highest BCUT2D eigenvalue weighted by molar-refractivity contribution is 5.93. The predicted molar refractivity (Wildman–Crippen MR) is 87.5 cm³/mol. The normalized spacial score (nSPS) is 10.6. The van der Waals surface area contributed by atoms with E-state index in [-0.39, 0.29) is 0 Å². The molecule has 3 nitrogen and oxygen atoms in total. The Morgan fingerprint density at radius 2 is 1.71 bits per heavy atom. The Morgan fingerprint density at radius 3 is 2.43 bits per heavy atom. The van der Waals surface area contributed by atoms with Crippen LogP contribution in [0.4, 0.5) is 11.4 Å². The Labute approximate surface area is 124 Å². The van der Waals surface area contributed by atoms with Gasteiger partial charge >= 0.3 is 0 Å². The van der Waals surface area contributed by atoms with Crippen LogP contribution in [0.25, 0.3) is 10.9 Å². The lowest BCUT2D eigenvalue weighted by molar-refractivity contribution is 0.415. The van der Waals surface area contributed by atoms with Crippen molar-refractivity contribution in [1.82, 2.24) is 4.98 Å². The molecule has 1 heterocycles. The summed E-state index contributed by atoms with van der Waals surface area (Å²) in [4.78, 5) is 4.41. The summed E-state index contributed by atoms with van der Waals surface area (Å²) < 4.78 is 5.25. The summed E-state index contributed by atoms with van der Waals surface area (Å²) in [6, 6.07) is 14.4. The fourth-order valence-electron chi connectivity index (χ4n) is 2.57. The number of anilines is 2. The van der Waals surface area contributed by atoms with Crippen LogP contribution in [-0.4, -0.2) is 12.1 Å². The van der Waals surface area contributed by atoms with Crippen molar-refractivity contribution in [2.75, 3.05) is 12.4 Å². The topological polar surface area (TPSA) is 34.1 Å². The molecule has 106 valence electrons. The van der Waals surface area contributed by atoms with Crippen molar-refractivity contribution in [3.05, 3.63) is 59.8 Å². The summed E-state index contributed by atoms with van der Waals surface area (Å²) in [6.07, 6.45) is 1.81. The highest BCUT2D eigenvalue weighted by atomic mass is 16.5. The summed E-state index contributed by atoms with van der Waals surface area (Å²) in [7, 11) is 1.67. The van der Waals surface area contributed by atoms with Crippen LogP contribution in [0.15, 0.2) is 48.7 Å². The van der Waals surface area contributed by atoms with E-state index in [0.717, 1.165) is 28.0 Å². The van der Waals surface area contributed by atoms with Gasteiger partial charge in [0.15, 0.2) is 0 Å². The van der Waals surface area contributed by atoms with E-state index in [1.165, 1.54) is 11.1 Å². The van der Waals surface area contributed by atoms with Crippen molar-refractivity contribution in [3.63, 3.8) is 0 Å². The van der Waals surface area contributed by atoms with Gasteiger partial charge in [-0.05, 0) is 55.3 Å². The molecule has 0 amide bonds. The highest BCUT2D eigenvalue weighted by Gasteiger charge is 2.04. The maximum Gasteiger partial charge on any atom is 0.121 e. The monoisotopic (exact) mass is 278 g/mol. The van der Waals surface area contributed by atoms with Gasteiger partial charge in [0.1, 0.15) is 5.75 Å². The van der Waals surface area contributed by atoms with Crippen LogP contribution >= 0.6 is 0 Å². The first-order valence-corrected chi connectivity index (χ1v) is 6.94. The quantitative estimate of drug-likeness (QED) is 0.760. The Morgan fingerprint density at radius 1 is 0.952 bits per heavy atom. The zero-order valence-corrected chi connectivity index (χ0v) is 12.5. The van der Waals surface area contributed by atoms with Crippen molar-refractivity contribution < 1.29 is 4.74 Å². The molecule has 0 atom stereocenters. The van der Waals surface area contributed by atoms with Crippen LogP contribution in [0.5, 0.6) is 5.75 Å². The van der Waals surface area contributed by atoms with E-state index in [9.17, 15) is 0 Å². The molecular formula is C18H18N2O. The zero-order valence-electron chi connectivity index (χ0n) is 12.5. The molecule has 3 rings (SSSR count). The van der Waals surface area contributed by atoms with Gasteiger partial charge < -0.3 is 10.1 Å². The van der Waals surface area contributed by atoms with E-state index in [2.05, 4.69) is 42.3 Å². The van der Waals surface area contributed by atoms with Crippen molar-refractivity contribution in [1.29, 1.82) is 0 Å². The molecule has 2 aromatic carbocycles. The second-order valence-corrected chi connectivity index (χ2v) is 5.24. The summed E-state index contributed by atoms with van der Waals surface area (Å²) in [5.41, 5.74) is 5.56. The number of nitrogens with one attached hydrogen (secondary N) is 1. The van der Waals surface area contributed by atoms with Crippen molar-refractivity contribution in [2.45, 2.75) is 13.8 Å². The fraction of sp³-hybridized carbons (Fsp3) is 0.167. The summed E-state index contributed by atoms with van der Waals surface area (Å²) in [5.74, 6) is 0.818. The molecule has 1 aromatic heterocycles. The second-order valence-electron chi connectivity index (χ2n) is 5.24. The number of nitrogens with zero attached hydrogens (tertiary/aromatic N) is 1. The third-order valence-electron chi connectivity index (χ3n) is 3.45. The number of hydrogen-bond donors (Lipinski definition) is 1. The Balaban J connectivity index is 2.04. The molecule has 0 aliphatic heterocycles. The molecule has 0 saturated carbocycles. The number of pyridine rings is 1. The van der Waals surface area contributed by atoms with Crippen molar-refractivity contribution >= 4 is 22.3 Å². The molecule has 3 heteroatoms. The minimum Gasteiger partial charge on any atom is -0.497 e. The number of benzene rings is 2. The number of aryl methyl sites for hydroxylation is 2. The van der Waals surface area contributed by atoms with Gasteiger partial charge in [0.25, 0.3) is 0 Å². The maximum atomic E-state index is 5.25. The third-order valence-corrected chi connectivity index (χ3v) is 3.45. The Hall–Kier alpha value is -2.55. The van der Waals surface area contributed by atoms with Gasteiger partial charge in [0, 0.05) is 29.0 Å². The van der Waals surface area contributed by atoms with Crippen molar-refractivity contribution in [2.24, 2.45) is 0 Å². The molecule has 1 N–H and O–H groups in total. The number of rotatable bonds is 3. The summed E-state index contributed by atoms with van der Waals surface area (Å²) in [5, 5.41) is 4.57. The van der Waals surface area contributed by atoms with E-state index in [1.807, 2.05) is 30.5 Å². The number of ether oxygens (including phenoxy) is 1. The molecule has 0 saturated heterocycles. The minimum absolute atomic E-state index is 0.818. The van der Waals surface area contributed by atoms with Crippen LogP contribution in [-0.2, 0) is 0 Å². The molecule has 0 unspecified atom stereocenters. The second kappa shape index (κ2) is 5.44. The minimum atomic E-state index is 0.818. The first kappa shape index (κ1) is 13.4. The summed E-state index contributed by atoms with van der Waals surface area (Å²) in [6.45, 7) is 4.21. The van der Waals surface area contributed by atoms with E-state index in [0.29, 0.717) is 0 Å². The van der Waals surface area contributed by atoms with E-state index in [4.69, 9.17) is 4.74 Å². The number of hydrogen-bond acceptors (Lipinski definition) is 3. The molecule has 0 fully saturated rings. The van der Waals surface area contributed by atoms with Gasteiger partial charge in [-0.1, -0.05) is 6.07 Å². The maximum absolute atomic E-state index is 5.25. The first-order valence-electron chi connectivity index (χ1n) is 6.94. The third kappa shape index (κ3) is 2.82. The van der Waals surface area contributed by atoms with E-state index < -0.39 is 0 Å². The van der Waals surface area contributed by atoms with E-state index in [1.54, 1.807) is 7.11 Å². The SMILES string of the molecule is COc1ccc2c(Nc3cc(C)cc(C)c3)ccnc2c1. The molecule has 0 bridgehead atoms. The van der Waals surface area contributed by atoms with E-state index >= 15 is 0 Å². The van der Waals surface area contributed by atoms with Gasteiger partial charge in [-0.15, -0.1) is 0 Å². The molecule has 0 aliphatic carbocycles. The molecule has 0 radical (unpaired) electrons. The predicted octanol–water partition coefficient (Wildman–Crippen LogP) is 4.60.